The molecule has 3 aromatic rings. The summed E-state index contributed by atoms with van der Waals surface area (Å²) in [6, 6.07) is 6.96. The molecule has 1 fully saturated rings. The molecule has 0 unspecified atom stereocenters. The lowest BCUT2D eigenvalue weighted by molar-refractivity contribution is -0.0400. The summed E-state index contributed by atoms with van der Waals surface area (Å²) in [6.45, 7) is 8.52. The van der Waals surface area contributed by atoms with Crippen LogP contribution in [0.5, 0.6) is 5.75 Å². The second-order valence-electron chi connectivity index (χ2n) is 8.72. The molecule has 0 radical (unpaired) electrons. The van der Waals surface area contributed by atoms with Gasteiger partial charge in [0.1, 0.15) is 11.3 Å². The van der Waals surface area contributed by atoms with Crippen molar-refractivity contribution in [1.29, 1.82) is 0 Å². The number of ether oxygens (including phenoxy) is 3. The molecular formula is C26H32N4O5. The molecule has 0 aliphatic carbocycles. The second kappa shape index (κ2) is 10.9. The van der Waals surface area contributed by atoms with Gasteiger partial charge in [0, 0.05) is 18.2 Å². The highest BCUT2D eigenvalue weighted by Gasteiger charge is 2.23. The Bertz CT molecular complexity index is 1230. The number of aryl methyl sites for hydroxylation is 3. The number of nitrogens with zero attached hydrogens (tertiary/aromatic N) is 3. The molecule has 0 atom stereocenters. The van der Waals surface area contributed by atoms with Crippen LogP contribution in [0.4, 0.5) is 5.95 Å². The van der Waals surface area contributed by atoms with E-state index in [1.165, 1.54) is 7.11 Å². The molecule has 4 rings (SSSR count). The molecule has 1 N–H and O–H groups in total. The van der Waals surface area contributed by atoms with E-state index < -0.39 is 5.97 Å². The summed E-state index contributed by atoms with van der Waals surface area (Å²) >= 11 is 0. The maximum atomic E-state index is 13.2. The number of hydrogen-bond donors (Lipinski definition) is 1. The molecule has 1 saturated heterocycles. The SMILES string of the molecule is CCCn1c(NC(=O)c2ccc(C)nc2CC)nc2cc(C(=O)OC)cc(OCCC3COC3)c21. The van der Waals surface area contributed by atoms with Gasteiger partial charge in [-0.25, -0.2) is 9.78 Å². The zero-order chi connectivity index (χ0) is 24.9. The van der Waals surface area contributed by atoms with Gasteiger partial charge in [-0.15, -0.1) is 0 Å². The van der Waals surface area contributed by atoms with E-state index in [1.807, 2.05) is 24.5 Å². The Kier molecular flexibility index (Phi) is 7.65. The highest BCUT2D eigenvalue weighted by atomic mass is 16.5. The van der Waals surface area contributed by atoms with Crippen molar-refractivity contribution in [3.8, 4) is 5.75 Å². The van der Waals surface area contributed by atoms with Crippen LogP contribution in [-0.4, -0.2) is 53.3 Å². The number of esters is 1. The number of carbonyl (C=O) groups is 2. The van der Waals surface area contributed by atoms with Gasteiger partial charge >= 0.3 is 5.97 Å². The first-order valence-corrected chi connectivity index (χ1v) is 12.1. The number of hydrogen-bond acceptors (Lipinski definition) is 7. The average molecular weight is 481 g/mol. The Morgan fingerprint density at radius 3 is 2.66 bits per heavy atom. The fourth-order valence-electron chi connectivity index (χ4n) is 4.15. The Morgan fingerprint density at radius 2 is 2.00 bits per heavy atom. The lowest BCUT2D eigenvalue weighted by atomic mass is 10.1. The first kappa shape index (κ1) is 24.7. The van der Waals surface area contributed by atoms with Crippen molar-refractivity contribution < 1.29 is 23.8 Å². The van der Waals surface area contributed by atoms with Crippen molar-refractivity contribution in [1.82, 2.24) is 14.5 Å². The van der Waals surface area contributed by atoms with Crippen molar-refractivity contribution in [3.05, 3.63) is 46.8 Å². The van der Waals surface area contributed by atoms with E-state index in [9.17, 15) is 9.59 Å². The second-order valence-corrected chi connectivity index (χ2v) is 8.72. The van der Waals surface area contributed by atoms with Gasteiger partial charge < -0.3 is 18.8 Å². The zero-order valence-electron chi connectivity index (χ0n) is 20.7. The number of nitrogens with one attached hydrogen (secondary N) is 1. The van der Waals surface area contributed by atoms with E-state index in [4.69, 9.17) is 14.2 Å². The molecule has 1 aliphatic rings. The summed E-state index contributed by atoms with van der Waals surface area (Å²) in [4.78, 5) is 34.7. The van der Waals surface area contributed by atoms with E-state index in [0.29, 0.717) is 53.8 Å². The third-order valence-corrected chi connectivity index (χ3v) is 6.08. The molecule has 0 spiro atoms. The predicted octanol–water partition coefficient (Wildman–Crippen LogP) is 4.17. The number of amides is 1. The summed E-state index contributed by atoms with van der Waals surface area (Å²) in [5.74, 6) is 0.672. The largest absolute Gasteiger partial charge is 0.491 e. The number of fused-ring (bicyclic) bond motifs is 1. The Labute approximate surface area is 204 Å². The third-order valence-electron chi connectivity index (χ3n) is 6.08. The van der Waals surface area contributed by atoms with Crippen LogP contribution in [0.25, 0.3) is 11.0 Å². The molecule has 1 amide bonds. The summed E-state index contributed by atoms with van der Waals surface area (Å²) < 4.78 is 18.3. The van der Waals surface area contributed by atoms with Gasteiger partial charge in [0.25, 0.3) is 5.91 Å². The first-order valence-electron chi connectivity index (χ1n) is 12.1. The molecule has 0 saturated carbocycles. The normalized spacial score (nSPS) is 13.5. The number of methoxy groups -OCH3 is 1. The Morgan fingerprint density at radius 1 is 1.20 bits per heavy atom. The van der Waals surface area contributed by atoms with Crippen molar-refractivity contribution in [2.24, 2.45) is 5.92 Å². The Hall–Kier alpha value is -3.46. The topological polar surface area (TPSA) is 105 Å². The lowest BCUT2D eigenvalue weighted by Crippen LogP contribution is -2.28. The fourth-order valence-corrected chi connectivity index (χ4v) is 4.15. The van der Waals surface area contributed by atoms with Crippen molar-refractivity contribution in [3.63, 3.8) is 0 Å². The Balaban J connectivity index is 1.72. The van der Waals surface area contributed by atoms with Crippen LogP contribution in [0.2, 0.25) is 0 Å². The molecule has 35 heavy (non-hydrogen) atoms. The number of carbonyl (C=O) groups excluding carboxylic acids is 2. The van der Waals surface area contributed by atoms with Gasteiger partial charge in [-0.05, 0) is 50.5 Å². The minimum absolute atomic E-state index is 0.275. The van der Waals surface area contributed by atoms with Crippen LogP contribution in [0, 0.1) is 12.8 Å². The van der Waals surface area contributed by atoms with E-state index in [1.54, 1.807) is 18.2 Å². The maximum absolute atomic E-state index is 13.2. The van der Waals surface area contributed by atoms with Gasteiger partial charge in [-0.2, -0.15) is 0 Å². The van der Waals surface area contributed by atoms with Crippen LogP contribution in [-0.2, 0) is 22.4 Å². The molecule has 9 heteroatoms. The third kappa shape index (κ3) is 5.30. The summed E-state index contributed by atoms with van der Waals surface area (Å²) in [5.41, 5.74) is 3.74. The number of pyridine rings is 1. The maximum Gasteiger partial charge on any atom is 0.338 e. The van der Waals surface area contributed by atoms with Crippen molar-refractivity contribution in [2.45, 2.75) is 46.6 Å². The molecule has 2 aromatic heterocycles. The van der Waals surface area contributed by atoms with E-state index in [-0.39, 0.29) is 5.91 Å². The number of benzene rings is 1. The van der Waals surface area contributed by atoms with Crippen LogP contribution in [0.1, 0.15) is 58.8 Å². The summed E-state index contributed by atoms with van der Waals surface area (Å²) in [7, 11) is 1.34. The molecule has 9 nitrogen and oxygen atoms in total. The van der Waals surface area contributed by atoms with Crippen molar-refractivity contribution >= 4 is 28.9 Å². The highest BCUT2D eigenvalue weighted by molar-refractivity contribution is 6.05. The van der Waals surface area contributed by atoms with Crippen molar-refractivity contribution in [2.75, 3.05) is 32.2 Å². The summed E-state index contributed by atoms with van der Waals surface area (Å²) in [6.07, 6.45) is 2.32. The molecule has 3 heterocycles. The number of aromatic nitrogens is 3. The molecule has 0 bridgehead atoms. The van der Waals surface area contributed by atoms with Gasteiger partial charge in [0.15, 0.2) is 0 Å². The lowest BCUT2D eigenvalue weighted by Gasteiger charge is -2.25. The van der Waals surface area contributed by atoms with E-state index >= 15 is 0 Å². The van der Waals surface area contributed by atoms with E-state index in [2.05, 4.69) is 22.2 Å². The van der Waals surface area contributed by atoms with Gasteiger partial charge in [-0.3, -0.25) is 15.1 Å². The molecule has 186 valence electrons. The highest BCUT2D eigenvalue weighted by Crippen LogP contribution is 2.32. The monoisotopic (exact) mass is 480 g/mol. The zero-order valence-corrected chi connectivity index (χ0v) is 20.7. The number of imidazole rings is 1. The standard InChI is InChI=1S/C26H32N4O5/c1-5-10-30-23-21(28-26(30)29-24(31)19-8-7-16(3)27-20(19)6-2)12-18(25(32)33-4)13-22(23)35-11-9-17-14-34-15-17/h7-8,12-13,17H,5-6,9-11,14-15H2,1-4H3,(H,28,29,31). The molecule has 1 aromatic carbocycles. The van der Waals surface area contributed by atoms with Gasteiger partial charge in [-0.1, -0.05) is 13.8 Å². The average Bonchev–Trinajstić information content (AvgIpc) is 3.16. The minimum atomic E-state index is -0.474. The predicted molar refractivity (Wildman–Crippen MR) is 132 cm³/mol. The number of rotatable bonds is 10. The van der Waals surface area contributed by atoms with Crippen LogP contribution in [0.15, 0.2) is 24.3 Å². The first-order chi connectivity index (χ1) is 16.9. The smallest absolute Gasteiger partial charge is 0.338 e. The summed E-state index contributed by atoms with van der Waals surface area (Å²) in [5, 5.41) is 2.96. The van der Waals surface area contributed by atoms with Gasteiger partial charge in [0.05, 0.1) is 49.3 Å². The van der Waals surface area contributed by atoms with Crippen LogP contribution >= 0.6 is 0 Å². The number of anilines is 1. The quantitative estimate of drug-likeness (QED) is 0.434. The molecular weight excluding hydrogens is 448 g/mol. The van der Waals surface area contributed by atoms with E-state index in [0.717, 1.165) is 43.0 Å². The van der Waals surface area contributed by atoms with Crippen LogP contribution in [0.3, 0.4) is 0 Å². The minimum Gasteiger partial charge on any atom is -0.491 e. The molecule has 1 aliphatic heterocycles. The van der Waals surface area contributed by atoms with Gasteiger partial charge in [0.2, 0.25) is 5.95 Å². The van der Waals surface area contributed by atoms with Crippen LogP contribution < -0.4 is 10.1 Å². The fraction of sp³-hybridized carbons (Fsp3) is 0.462.